The van der Waals surface area contributed by atoms with E-state index < -0.39 is 0 Å². The van der Waals surface area contributed by atoms with E-state index in [-0.39, 0.29) is 0 Å². The lowest BCUT2D eigenvalue weighted by molar-refractivity contribution is 0.0692. The third kappa shape index (κ3) is 3.72. The van der Waals surface area contributed by atoms with Gasteiger partial charge in [-0.1, -0.05) is 13.8 Å². The minimum absolute atomic E-state index is 0.880. The number of nitrogens with zero attached hydrogens (tertiary/aromatic N) is 1. The molecule has 0 spiro atoms. The highest BCUT2D eigenvalue weighted by atomic mass is 15.2. The molecule has 2 saturated carbocycles. The highest BCUT2D eigenvalue weighted by molar-refractivity contribution is 4.87. The standard InChI is InChI=1S/C17H32N2/c1-13-5-8-17(10-14(13)2)19-9-3-4-15(12-19)11-18-16-6-7-16/h13-18H,3-12H2,1-2H3. The largest absolute Gasteiger partial charge is 0.314 e. The molecule has 0 amide bonds. The fraction of sp³-hybridized carbons (Fsp3) is 1.00. The fourth-order valence-electron chi connectivity index (χ4n) is 4.07. The summed E-state index contributed by atoms with van der Waals surface area (Å²) in [4.78, 5) is 2.84. The van der Waals surface area contributed by atoms with Crippen molar-refractivity contribution in [1.29, 1.82) is 0 Å². The van der Waals surface area contributed by atoms with Gasteiger partial charge in [0.1, 0.15) is 0 Å². The van der Waals surface area contributed by atoms with Crippen LogP contribution in [0, 0.1) is 17.8 Å². The van der Waals surface area contributed by atoms with Gasteiger partial charge in [-0.25, -0.2) is 0 Å². The first kappa shape index (κ1) is 13.9. The molecule has 0 aromatic carbocycles. The zero-order chi connectivity index (χ0) is 13.2. The normalized spacial score (nSPS) is 41.4. The maximum absolute atomic E-state index is 3.74. The van der Waals surface area contributed by atoms with Crippen LogP contribution in [0.5, 0.6) is 0 Å². The van der Waals surface area contributed by atoms with Crippen LogP contribution >= 0.6 is 0 Å². The zero-order valence-electron chi connectivity index (χ0n) is 12.9. The van der Waals surface area contributed by atoms with E-state index in [1.165, 1.54) is 64.6 Å². The molecule has 2 aliphatic carbocycles. The van der Waals surface area contributed by atoms with Crippen LogP contribution in [0.1, 0.15) is 58.8 Å². The Balaban J connectivity index is 1.46. The lowest BCUT2D eigenvalue weighted by Gasteiger charge is -2.43. The number of piperidine rings is 1. The molecule has 4 atom stereocenters. The van der Waals surface area contributed by atoms with Crippen LogP contribution in [-0.2, 0) is 0 Å². The molecule has 0 aromatic rings. The Morgan fingerprint density at radius 3 is 2.58 bits per heavy atom. The predicted molar refractivity (Wildman–Crippen MR) is 81.3 cm³/mol. The molecule has 110 valence electrons. The van der Waals surface area contributed by atoms with Gasteiger partial charge in [0, 0.05) is 18.6 Å². The lowest BCUT2D eigenvalue weighted by Crippen LogP contribution is -2.47. The number of rotatable bonds is 4. The average molecular weight is 264 g/mol. The second kappa shape index (κ2) is 6.13. The van der Waals surface area contributed by atoms with Crippen LogP contribution in [0.3, 0.4) is 0 Å². The Morgan fingerprint density at radius 2 is 1.84 bits per heavy atom. The molecule has 0 aromatic heterocycles. The molecule has 0 bridgehead atoms. The van der Waals surface area contributed by atoms with Gasteiger partial charge in [0.25, 0.3) is 0 Å². The first-order valence-electron chi connectivity index (χ1n) is 8.70. The maximum atomic E-state index is 3.74. The van der Waals surface area contributed by atoms with Crippen LogP contribution in [0.15, 0.2) is 0 Å². The van der Waals surface area contributed by atoms with Crippen molar-refractivity contribution in [3.63, 3.8) is 0 Å². The van der Waals surface area contributed by atoms with Crippen molar-refractivity contribution in [3.05, 3.63) is 0 Å². The molecule has 3 fully saturated rings. The minimum Gasteiger partial charge on any atom is -0.314 e. The second-order valence-electron chi connectivity index (χ2n) is 7.61. The fourth-order valence-corrected chi connectivity index (χ4v) is 4.07. The first-order chi connectivity index (χ1) is 9.22. The van der Waals surface area contributed by atoms with Crippen molar-refractivity contribution < 1.29 is 0 Å². The van der Waals surface area contributed by atoms with E-state index in [4.69, 9.17) is 0 Å². The van der Waals surface area contributed by atoms with Crippen LogP contribution in [0.2, 0.25) is 0 Å². The van der Waals surface area contributed by atoms with Crippen molar-refractivity contribution in [2.45, 2.75) is 70.9 Å². The van der Waals surface area contributed by atoms with E-state index in [1.807, 2.05) is 0 Å². The third-order valence-electron chi connectivity index (χ3n) is 5.91. The summed E-state index contributed by atoms with van der Waals surface area (Å²) in [5.74, 6) is 2.81. The van der Waals surface area contributed by atoms with Crippen molar-refractivity contribution >= 4 is 0 Å². The number of likely N-dealkylation sites (tertiary alicyclic amines) is 1. The maximum Gasteiger partial charge on any atom is 0.00981 e. The molecule has 2 nitrogen and oxygen atoms in total. The zero-order valence-corrected chi connectivity index (χ0v) is 12.9. The Bertz CT molecular complexity index is 287. The Kier molecular flexibility index (Phi) is 4.48. The van der Waals surface area contributed by atoms with Crippen LogP contribution in [0.4, 0.5) is 0 Å². The van der Waals surface area contributed by atoms with E-state index in [0.29, 0.717) is 0 Å². The summed E-state index contributed by atoms with van der Waals surface area (Å²) >= 11 is 0. The van der Waals surface area contributed by atoms with E-state index in [9.17, 15) is 0 Å². The van der Waals surface area contributed by atoms with E-state index in [1.54, 1.807) is 0 Å². The Labute approximate surface area is 119 Å². The van der Waals surface area contributed by atoms with Gasteiger partial charge in [0.15, 0.2) is 0 Å². The van der Waals surface area contributed by atoms with Crippen molar-refractivity contribution in [1.82, 2.24) is 10.2 Å². The molecule has 1 saturated heterocycles. The number of hydrogen-bond donors (Lipinski definition) is 1. The molecule has 3 rings (SSSR count). The predicted octanol–water partition coefficient (Wildman–Crippen LogP) is 3.28. The van der Waals surface area contributed by atoms with Crippen molar-refractivity contribution in [2.75, 3.05) is 19.6 Å². The molecular weight excluding hydrogens is 232 g/mol. The monoisotopic (exact) mass is 264 g/mol. The summed E-state index contributed by atoms with van der Waals surface area (Å²) in [6, 6.07) is 1.78. The highest BCUT2D eigenvalue weighted by Crippen LogP contribution is 2.33. The second-order valence-corrected chi connectivity index (χ2v) is 7.61. The average Bonchev–Trinajstić information content (AvgIpc) is 3.24. The molecule has 4 unspecified atom stereocenters. The summed E-state index contributed by atoms with van der Waals surface area (Å²) in [5.41, 5.74) is 0. The topological polar surface area (TPSA) is 15.3 Å². The number of hydrogen-bond acceptors (Lipinski definition) is 2. The third-order valence-corrected chi connectivity index (χ3v) is 5.91. The molecular formula is C17H32N2. The summed E-state index contributed by atoms with van der Waals surface area (Å²) in [5, 5.41) is 3.74. The van der Waals surface area contributed by atoms with Crippen LogP contribution in [-0.4, -0.2) is 36.6 Å². The minimum atomic E-state index is 0.880. The summed E-state index contributed by atoms with van der Waals surface area (Å²) in [7, 11) is 0. The van der Waals surface area contributed by atoms with Gasteiger partial charge in [0.05, 0.1) is 0 Å². The molecule has 19 heavy (non-hydrogen) atoms. The Morgan fingerprint density at radius 1 is 1.00 bits per heavy atom. The first-order valence-corrected chi connectivity index (χ1v) is 8.70. The smallest absolute Gasteiger partial charge is 0.00981 e. The number of nitrogens with one attached hydrogen (secondary N) is 1. The van der Waals surface area contributed by atoms with E-state index in [2.05, 4.69) is 24.1 Å². The molecule has 1 aliphatic heterocycles. The van der Waals surface area contributed by atoms with E-state index in [0.717, 1.165) is 29.8 Å². The van der Waals surface area contributed by atoms with Gasteiger partial charge in [-0.3, -0.25) is 0 Å². The van der Waals surface area contributed by atoms with Gasteiger partial charge in [-0.2, -0.15) is 0 Å². The van der Waals surface area contributed by atoms with Gasteiger partial charge in [0.2, 0.25) is 0 Å². The quantitative estimate of drug-likeness (QED) is 0.838. The van der Waals surface area contributed by atoms with Crippen molar-refractivity contribution in [2.24, 2.45) is 17.8 Å². The van der Waals surface area contributed by atoms with Crippen LogP contribution in [0.25, 0.3) is 0 Å². The van der Waals surface area contributed by atoms with Gasteiger partial charge < -0.3 is 10.2 Å². The summed E-state index contributed by atoms with van der Waals surface area (Å²) in [6.45, 7) is 8.92. The summed E-state index contributed by atoms with van der Waals surface area (Å²) < 4.78 is 0. The molecule has 0 radical (unpaired) electrons. The summed E-state index contributed by atoms with van der Waals surface area (Å²) in [6.07, 6.45) is 10.1. The van der Waals surface area contributed by atoms with E-state index >= 15 is 0 Å². The molecule has 1 heterocycles. The lowest BCUT2D eigenvalue weighted by atomic mass is 9.78. The molecule has 3 aliphatic rings. The van der Waals surface area contributed by atoms with Crippen molar-refractivity contribution in [3.8, 4) is 0 Å². The molecule has 1 N–H and O–H groups in total. The highest BCUT2D eigenvalue weighted by Gasteiger charge is 2.32. The van der Waals surface area contributed by atoms with Crippen LogP contribution < -0.4 is 5.32 Å². The van der Waals surface area contributed by atoms with Gasteiger partial charge >= 0.3 is 0 Å². The molecule has 2 heteroatoms. The Hall–Kier alpha value is -0.0800. The van der Waals surface area contributed by atoms with Gasteiger partial charge in [-0.05, 0) is 75.8 Å². The van der Waals surface area contributed by atoms with Gasteiger partial charge in [-0.15, -0.1) is 0 Å². The SMILES string of the molecule is CC1CCC(N2CCCC(CNC3CC3)C2)CC1C.